The Morgan fingerprint density at radius 1 is 1.32 bits per heavy atom. The predicted molar refractivity (Wildman–Crippen MR) is 85.0 cm³/mol. The Balaban J connectivity index is 2.78. The van der Waals surface area contributed by atoms with Gasteiger partial charge in [-0.25, -0.2) is 0 Å². The first-order valence-corrected chi connectivity index (χ1v) is 7.33. The fourth-order valence-corrected chi connectivity index (χ4v) is 2.06. The topological polar surface area (TPSA) is 66.8 Å². The molecule has 0 aliphatic rings. The van der Waals surface area contributed by atoms with Crippen LogP contribution in [-0.2, 0) is 14.3 Å². The van der Waals surface area contributed by atoms with E-state index in [-0.39, 0.29) is 37.5 Å². The Labute approximate surface area is 131 Å². The minimum atomic E-state index is -0.377. The molecular formula is C17H23NO4. The minimum Gasteiger partial charge on any atom is -0.469 e. The van der Waals surface area contributed by atoms with Crippen molar-refractivity contribution in [1.82, 2.24) is 4.90 Å². The molecule has 22 heavy (non-hydrogen) atoms. The van der Waals surface area contributed by atoms with Crippen molar-refractivity contribution in [1.29, 1.82) is 0 Å². The van der Waals surface area contributed by atoms with Gasteiger partial charge in [-0.15, -0.1) is 0 Å². The summed E-state index contributed by atoms with van der Waals surface area (Å²) >= 11 is 0. The zero-order valence-corrected chi connectivity index (χ0v) is 13.1. The zero-order chi connectivity index (χ0) is 16.4. The number of hydrogen-bond acceptors (Lipinski definition) is 4. The van der Waals surface area contributed by atoms with Crippen molar-refractivity contribution >= 4 is 18.0 Å². The molecule has 0 saturated carbocycles. The molecule has 0 heterocycles. The average Bonchev–Trinajstić information content (AvgIpc) is 2.57. The third kappa shape index (κ3) is 5.69. The van der Waals surface area contributed by atoms with Gasteiger partial charge in [0.1, 0.15) is 0 Å². The normalized spacial score (nSPS) is 12.1. The second-order valence-electron chi connectivity index (χ2n) is 4.85. The molecule has 1 aromatic rings. The van der Waals surface area contributed by atoms with Crippen molar-refractivity contribution in [2.45, 2.75) is 25.8 Å². The van der Waals surface area contributed by atoms with Gasteiger partial charge in [-0.2, -0.15) is 0 Å². The van der Waals surface area contributed by atoms with Gasteiger partial charge in [0.25, 0.3) is 0 Å². The van der Waals surface area contributed by atoms with Gasteiger partial charge in [-0.05, 0) is 18.1 Å². The standard InChI is InChI=1S/C17H23NO4/c1-3-15(13-19)18(12-11-17(21)22-2)16(20)10-9-14-7-5-4-6-8-14/h4-10,15,19H,3,11-13H2,1-2H3/b10-9+. The maximum atomic E-state index is 12.4. The van der Waals surface area contributed by atoms with Crippen LogP contribution in [0.5, 0.6) is 0 Å². The van der Waals surface area contributed by atoms with Crippen LogP contribution in [0.1, 0.15) is 25.3 Å². The molecule has 0 saturated heterocycles. The van der Waals surface area contributed by atoms with E-state index in [2.05, 4.69) is 4.74 Å². The second kappa shape index (κ2) is 9.73. The van der Waals surface area contributed by atoms with E-state index >= 15 is 0 Å². The number of esters is 1. The molecule has 0 aliphatic carbocycles. The van der Waals surface area contributed by atoms with E-state index in [9.17, 15) is 14.7 Å². The van der Waals surface area contributed by atoms with Crippen molar-refractivity contribution in [2.24, 2.45) is 0 Å². The van der Waals surface area contributed by atoms with Crippen LogP contribution >= 0.6 is 0 Å². The molecule has 1 rings (SSSR count). The number of nitrogens with zero attached hydrogens (tertiary/aromatic N) is 1. The average molecular weight is 305 g/mol. The lowest BCUT2D eigenvalue weighted by atomic mass is 10.1. The molecule has 1 N–H and O–H groups in total. The summed E-state index contributed by atoms with van der Waals surface area (Å²) in [6.07, 6.45) is 3.91. The largest absolute Gasteiger partial charge is 0.469 e. The number of aliphatic hydroxyl groups excluding tert-OH is 1. The molecule has 0 radical (unpaired) electrons. The van der Waals surface area contributed by atoms with E-state index in [1.54, 1.807) is 6.08 Å². The van der Waals surface area contributed by atoms with Crippen LogP contribution in [0.2, 0.25) is 0 Å². The molecule has 0 spiro atoms. The maximum absolute atomic E-state index is 12.4. The lowest BCUT2D eigenvalue weighted by Crippen LogP contribution is -2.42. The van der Waals surface area contributed by atoms with E-state index in [4.69, 9.17) is 0 Å². The van der Waals surface area contributed by atoms with Crippen LogP contribution in [0.3, 0.4) is 0 Å². The number of amides is 1. The summed E-state index contributed by atoms with van der Waals surface area (Å²) in [6.45, 7) is 1.98. The second-order valence-corrected chi connectivity index (χ2v) is 4.85. The van der Waals surface area contributed by atoms with Gasteiger partial charge in [0.15, 0.2) is 0 Å². The molecule has 0 fully saturated rings. The highest BCUT2D eigenvalue weighted by Gasteiger charge is 2.20. The van der Waals surface area contributed by atoms with Gasteiger partial charge in [-0.3, -0.25) is 9.59 Å². The smallest absolute Gasteiger partial charge is 0.307 e. The molecule has 120 valence electrons. The first-order chi connectivity index (χ1) is 10.6. The summed E-state index contributed by atoms with van der Waals surface area (Å²) in [7, 11) is 1.31. The minimum absolute atomic E-state index is 0.109. The summed E-state index contributed by atoms with van der Waals surface area (Å²) in [5, 5.41) is 9.42. The van der Waals surface area contributed by atoms with E-state index in [1.165, 1.54) is 18.1 Å². The molecule has 0 aromatic heterocycles. The van der Waals surface area contributed by atoms with Gasteiger partial charge in [0.05, 0.1) is 26.2 Å². The quantitative estimate of drug-likeness (QED) is 0.588. The molecule has 1 amide bonds. The Morgan fingerprint density at radius 2 is 2.00 bits per heavy atom. The van der Waals surface area contributed by atoms with Crippen LogP contribution < -0.4 is 0 Å². The number of rotatable bonds is 8. The number of hydrogen-bond donors (Lipinski definition) is 1. The van der Waals surface area contributed by atoms with E-state index < -0.39 is 0 Å². The molecule has 5 nitrogen and oxygen atoms in total. The van der Waals surface area contributed by atoms with Crippen LogP contribution in [-0.4, -0.2) is 48.2 Å². The number of aliphatic hydroxyl groups is 1. The highest BCUT2D eigenvalue weighted by Crippen LogP contribution is 2.09. The van der Waals surface area contributed by atoms with Crippen LogP contribution in [0.25, 0.3) is 6.08 Å². The van der Waals surface area contributed by atoms with Crippen molar-refractivity contribution in [2.75, 3.05) is 20.3 Å². The molecule has 0 bridgehead atoms. The van der Waals surface area contributed by atoms with Crippen LogP contribution in [0, 0.1) is 0 Å². The van der Waals surface area contributed by atoms with Crippen LogP contribution in [0.4, 0.5) is 0 Å². The van der Waals surface area contributed by atoms with Crippen molar-refractivity contribution in [3.63, 3.8) is 0 Å². The van der Waals surface area contributed by atoms with Crippen molar-refractivity contribution in [3.8, 4) is 0 Å². The number of benzene rings is 1. The number of carbonyl (C=O) groups is 2. The Hall–Kier alpha value is -2.14. The van der Waals surface area contributed by atoms with E-state index in [0.29, 0.717) is 6.42 Å². The maximum Gasteiger partial charge on any atom is 0.307 e. The Morgan fingerprint density at radius 3 is 2.55 bits per heavy atom. The highest BCUT2D eigenvalue weighted by atomic mass is 16.5. The van der Waals surface area contributed by atoms with Crippen molar-refractivity contribution < 1.29 is 19.4 Å². The molecular weight excluding hydrogens is 282 g/mol. The third-order valence-corrected chi connectivity index (χ3v) is 3.41. The summed E-state index contributed by atoms with van der Waals surface area (Å²) in [5.74, 6) is -0.605. The Kier molecular flexibility index (Phi) is 7.92. The van der Waals surface area contributed by atoms with Gasteiger partial charge in [0, 0.05) is 12.6 Å². The highest BCUT2D eigenvalue weighted by molar-refractivity contribution is 5.92. The van der Waals surface area contributed by atoms with Gasteiger partial charge >= 0.3 is 5.97 Å². The number of ether oxygens (including phenoxy) is 1. The summed E-state index contributed by atoms with van der Waals surface area (Å²) in [6, 6.07) is 9.17. The molecule has 1 atom stereocenters. The summed E-state index contributed by atoms with van der Waals surface area (Å²) < 4.78 is 4.60. The summed E-state index contributed by atoms with van der Waals surface area (Å²) in [5.41, 5.74) is 0.917. The van der Waals surface area contributed by atoms with Gasteiger partial charge in [-0.1, -0.05) is 37.3 Å². The number of carbonyl (C=O) groups excluding carboxylic acids is 2. The third-order valence-electron chi connectivity index (χ3n) is 3.41. The van der Waals surface area contributed by atoms with Gasteiger partial charge < -0.3 is 14.7 Å². The molecule has 1 aromatic carbocycles. The lowest BCUT2D eigenvalue weighted by Gasteiger charge is -2.28. The monoisotopic (exact) mass is 305 g/mol. The molecule has 1 unspecified atom stereocenters. The van der Waals surface area contributed by atoms with E-state index in [0.717, 1.165) is 5.56 Å². The first kappa shape index (κ1) is 17.9. The molecule has 0 aliphatic heterocycles. The Bertz CT molecular complexity index is 495. The lowest BCUT2D eigenvalue weighted by molar-refractivity contribution is -0.142. The van der Waals surface area contributed by atoms with Crippen molar-refractivity contribution in [3.05, 3.63) is 42.0 Å². The van der Waals surface area contributed by atoms with E-state index in [1.807, 2.05) is 37.3 Å². The van der Waals surface area contributed by atoms with Gasteiger partial charge in [0.2, 0.25) is 5.91 Å². The SMILES string of the molecule is CCC(CO)N(CCC(=O)OC)C(=O)/C=C/c1ccccc1. The predicted octanol–water partition coefficient (Wildman–Crippen LogP) is 1.86. The molecule has 5 heteroatoms. The number of methoxy groups -OCH3 is 1. The zero-order valence-electron chi connectivity index (χ0n) is 13.1. The summed E-state index contributed by atoms with van der Waals surface area (Å²) in [4.78, 5) is 25.1. The van der Waals surface area contributed by atoms with Crippen LogP contribution in [0.15, 0.2) is 36.4 Å². The first-order valence-electron chi connectivity index (χ1n) is 7.33. The fourth-order valence-electron chi connectivity index (χ4n) is 2.06. The fraction of sp³-hybridized carbons (Fsp3) is 0.412.